The summed E-state index contributed by atoms with van der Waals surface area (Å²) in [5, 5.41) is 27.8. The van der Waals surface area contributed by atoms with Crippen molar-refractivity contribution in [2.75, 3.05) is 11.4 Å². The van der Waals surface area contributed by atoms with E-state index in [4.69, 9.17) is 5.26 Å². The quantitative estimate of drug-likeness (QED) is 0.783. The fourth-order valence-corrected chi connectivity index (χ4v) is 1.48. The Morgan fingerprint density at radius 2 is 2.12 bits per heavy atom. The maximum atomic E-state index is 9.75. The average Bonchev–Trinajstić information content (AvgIpc) is 2.27. The number of rotatable bonds is 4. The van der Waals surface area contributed by atoms with Gasteiger partial charge in [0.25, 0.3) is 0 Å². The van der Waals surface area contributed by atoms with Gasteiger partial charge in [-0.1, -0.05) is 5.57 Å². The van der Waals surface area contributed by atoms with Crippen LogP contribution in [0.1, 0.15) is 20.3 Å². The maximum Gasteiger partial charge on any atom is 0.139 e. The highest BCUT2D eigenvalue weighted by Gasteiger charge is 2.09. The van der Waals surface area contributed by atoms with Crippen LogP contribution in [0.4, 0.5) is 5.69 Å². The number of benzene rings is 1. The van der Waals surface area contributed by atoms with Gasteiger partial charge in [0, 0.05) is 18.8 Å². The monoisotopic (exact) mass is 232 g/mol. The van der Waals surface area contributed by atoms with Crippen molar-refractivity contribution < 1.29 is 10.2 Å². The van der Waals surface area contributed by atoms with E-state index in [0.717, 1.165) is 5.57 Å². The lowest BCUT2D eigenvalue weighted by Crippen LogP contribution is -2.17. The van der Waals surface area contributed by atoms with Gasteiger partial charge in [0.15, 0.2) is 0 Å². The second-order valence-corrected chi connectivity index (χ2v) is 3.98. The standard InChI is InChI=1S/C13H16N2O2/c1-10(2)9-15(7-3-6-14)12-8-11(16)4-5-13(12)17/h4-5,8-9,16-17H,3,7H2,1-2H3. The van der Waals surface area contributed by atoms with Crippen molar-refractivity contribution in [3.05, 3.63) is 30.0 Å². The molecule has 0 radical (unpaired) electrons. The average molecular weight is 232 g/mol. The van der Waals surface area contributed by atoms with E-state index < -0.39 is 0 Å². The molecule has 0 heterocycles. The summed E-state index contributed by atoms with van der Waals surface area (Å²) in [7, 11) is 0. The molecule has 1 aromatic rings. The summed E-state index contributed by atoms with van der Waals surface area (Å²) < 4.78 is 0. The SMILES string of the molecule is CC(C)=CN(CCC#N)c1cc(O)ccc1O. The molecule has 0 spiro atoms. The minimum Gasteiger partial charge on any atom is -0.508 e. The second-order valence-electron chi connectivity index (χ2n) is 3.98. The first-order valence-electron chi connectivity index (χ1n) is 5.35. The molecule has 0 fully saturated rings. The van der Waals surface area contributed by atoms with Gasteiger partial charge in [-0.05, 0) is 26.0 Å². The van der Waals surface area contributed by atoms with Crippen molar-refractivity contribution in [1.29, 1.82) is 5.26 Å². The van der Waals surface area contributed by atoms with Gasteiger partial charge < -0.3 is 15.1 Å². The lowest BCUT2D eigenvalue weighted by Gasteiger charge is -2.21. The zero-order valence-corrected chi connectivity index (χ0v) is 10.0. The van der Waals surface area contributed by atoms with Crippen LogP contribution >= 0.6 is 0 Å². The Bertz CT molecular complexity index is 457. The molecule has 1 rings (SSSR count). The largest absolute Gasteiger partial charge is 0.508 e. The van der Waals surface area contributed by atoms with E-state index in [0.29, 0.717) is 18.7 Å². The number of hydrogen-bond acceptors (Lipinski definition) is 4. The van der Waals surface area contributed by atoms with Gasteiger partial charge >= 0.3 is 0 Å². The summed E-state index contributed by atoms with van der Waals surface area (Å²) >= 11 is 0. The Morgan fingerprint density at radius 1 is 1.41 bits per heavy atom. The molecule has 1 aromatic carbocycles. The van der Waals surface area contributed by atoms with E-state index in [2.05, 4.69) is 6.07 Å². The number of nitrogens with zero attached hydrogens (tertiary/aromatic N) is 2. The van der Waals surface area contributed by atoms with Crippen LogP contribution in [0.15, 0.2) is 30.0 Å². The van der Waals surface area contributed by atoms with Crippen LogP contribution in [0.25, 0.3) is 0 Å². The molecule has 0 aliphatic carbocycles. The summed E-state index contributed by atoms with van der Waals surface area (Å²) in [4.78, 5) is 1.76. The van der Waals surface area contributed by atoms with Gasteiger partial charge in [-0.3, -0.25) is 0 Å². The lowest BCUT2D eigenvalue weighted by atomic mass is 10.2. The van der Waals surface area contributed by atoms with Crippen molar-refractivity contribution in [3.63, 3.8) is 0 Å². The smallest absolute Gasteiger partial charge is 0.139 e. The van der Waals surface area contributed by atoms with Crippen molar-refractivity contribution in [1.82, 2.24) is 0 Å². The van der Waals surface area contributed by atoms with E-state index in [1.165, 1.54) is 18.2 Å². The predicted octanol–water partition coefficient (Wildman–Crippen LogP) is 2.74. The lowest BCUT2D eigenvalue weighted by molar-refractivity contribution is 0.460. The van der Waals surface area contributed by atoms with Gasteiger partial charge in [0.2, 0.25) is 0 Å². The highest BCUT2D eigenvalue weighted by atomic mass is 16.3. The molecule has 0 saturated heterocycles. The Morgan fingerprint density at radius 3 is 2.71 bits per heavy atom. The van der Waals surface area contributed by atoms with Crippen LogP contribution in [-0.2, 0) is 0 Å². The zero-order valence-electron chi connectivity index (χ0n) is 10.0. The number of hydrogen-bond donors (Lipinski definition) is 2. The van der Waals surface area contributed by atoms with Crippen molar-refractivity contribution in [2.45, 2.75) is 20.3 Å². The van der Waals surface area contributed by atoms with Crippen LogP contribution in [0.3, 0.4) is 0 Å². The second kappa shape index (κ2) is 5.80. The predicted molar refractivity (Wildman–Crippen MR) is 66.8 cm³/mol. The minimum absolute atomic E-state index is 0.0817. The molecular weight excluding hydrogens is 216 g/mol. The maximum absolute atomic E-state index is 9.75. The fraction of sp³-hybridized carbons (Fsp3) is 0.308. The molecule has 0 aliphatic rings. The number of phenols is 2. The first-order chi connectivity index (χ1) is 8.04. The molecule has 0 amide bonds. The third-order valence-electron chi connectivity index (χ3n) is 2.15. The van der Waals surface area contributed by atoms with Crippen LogP contribution in [-0.4, -0.2) is 16.8 Å². The topological polar surface area (TPSA) is 67.5 Å². The minimum atomic E-state index is 0.0817. The van der Waals surface area contributed by atoms with Crippen LogP contribution in [0.5, 0.6) is 11.5 Å². The number of nitriles is 1. The molecule has 0 saturated carbocycles. The fourth-order valence-electron chi connectivity index (χ4n) is 1.48. The summed E-state index contributed by atoms with van der Waals surface area (Å²) in [6.45, 7) is 4.33. The van der Waals surface area contributed by atoms with Crippen LogP contribution < -0.4 is 4.90 Å². The normalized spacial score (nSPS) is 9.47. The van der Waals surface area contributed by atoms with Crippen LogP contribution in [0, 0.1) is 11.3 Å². The van der Waals surface area contributed by atoms with Gasteiger partial charge in [-0.15, -0.1) is 0 Å². The molecular formula is C13H16N2O2. The van der Waals surface area contributed by atoms with Crippen molar-refractivity contribution >= 4 is 5.69 Å². The van der Waals surface area contributed by atoms with Crippen molar-refractivity contribution in [2.24, 2.45) is 0 Å². The first kappa shape index (κ1) is 12.9. The van der Waals surface area contributed by atoms with E-state index in [9.17, 15) is 10.2 Å². The molecule has 0 aromatic heterocycles. The summed E-state index contributed by atoms with van der Waals surface area (Å²) in [5.74, 6) is 0.167. The van der Waals surface area contributed by atoms with Gasteiger partial charge in [0.05, 0.1) is 18.2 Å². The van der Waals surface area contributed by atoms with Crippen molar-refractivity contribution in [3.8, 4) is 17.6 Å². The number of aromatic hydroxyl groups is 2. The highest BCUT2D eigenvalue weighted by Crippen LogP contribution is 2.31. The Labute approximate surface area is 101 Å². The third-order valence-corrected chi connectivity index (χ3v) is 2.15. The van der Waals surface area contributed by atoms with E-state index in [1.54, 1.807) is 4.90 Å². The summed E-state index contributed by atoms with van der Waals surface area (Å²) in [5.41, 5.74) is 1.55. The number of anilines is 1. The molecule has 0 aliphatic heterocycles. The highest BCUT2D eigenvalue weighted by molar-refractivity contribution is 5.62. The molecule has 0 atom stereocenters. The number of allylic oxidation sites excluding steroid dienone is 1. The molecule has 0 bridgehead atoms. The summed E-state index contributed by atoms with van der Waals surface area (Å²) in [6.07, 6.45) is 2.19. The third kappa shape index (κ3) is 3.72. The summed E-state index contributed by atoms with van der Waals surface area (Å²) in [6, 6.07) is 6.39. The van der Waals surface area contributed by atoms with Crippen LogP contribution in [0.2, 0.25) is 0 Å². The molecule has 17 heavy (non-hydrogen) atoms. The molecule has 4 heteroatoms. The molecule has 90 valence electrons. The Kier molecular flexibility index (Phi) is 4.41. The van der Waals surface area contributed by atoms with E-state index in [-0.39, 0.29) is 11.5 Å². The van der Waals surface area contributed by atoms with Gasteiger partial charge in [-0.25, -0.2) is 0 Å². The molecule has 0 unspecified atom stereocenters. The van der Waals surface area contributed by atoms with Gasteiger partial charge in [0.1, 0.15) is 11.5 Å². The van der Waals surface area contributed by atoms with Gasteiger partial charge in [-0.2, -0.15) is 5.26 Å². The molecule has 2 N–H and O–H groups in total. The van der Waals surface area contributed by atoms with E-state index >= 15 is 0 Å². The zero-order chi connectivity index (χ0) is 12.8. The molecule has 4 nitrogen and oxygen atoms in total. The first-order valence-corrected chi connectivity index (χ1v) is 5.35. The Balaban J connectivity index is 3.08. The number of phenolic OH excluding ortho intramolecular Hbond substituents is 2. The Hall–Kier alpha value is -2.15. The van der Waals surface area contributed by atoms with E-state index in [1.807, 2.05) is 20.0 Å².